The number of carboxylic acid groups (broad SMARTS) is 1. The van der Waals surface area contributed by atoms with E-state index in [0.29, 0.717) is 0 Å². The van der Waals surface area contributed by atoms with Crippen molar-refractivity contribution in [1.82, 2.24) is 10.2 Å². The van der Waals surface area contributed by atoms with Gasteiger partial charge in [-0.05, 0) is 28.7 Å². The second kappa shape index (κ2) is 9.79. The van der Waals surface area contributed by atoms with Crippen LogP contribution in [0.15, 0.2) is 48.5 Å². The molecule has 0 saturated carbocycles. The number of carboxylic acids is 1. The van der Waals surface area contributed by atoms with Crippen molar-refractivity contribution >= 4 is 18.0 Å². The fourth-order valence-electron chi connectivity index (χ4n) is 4.63. The predicted molar refractivity (Wildman–Crippen MR) is 120 cm³/mol. The number of piperidine rings is 1. The van der Waals surface area contributed by atoms with Crippen LogP contribution in [0.2, 0.25) is 0 Å². The smallest absolute Gasteiger partial charge is 0.407 e. The standard InChI is InChI=1S/C25H26F2N2O5/c26-25(27)11-13-29(14-21(25)23(31)32)22(30)10-5-12-28-24(33)34-15-20-18-8-3-1-6-16(18)17-7-2-4-9-19(17)20/h1-4,6-9,20-21H,5,10-15H2,(H,28,33)(H,31,32). The highest BCUT2D eigenvalue weighted by molar-refractivity contribution is 5.79. The molecule has 1 heterocycles. The van der Waals surface area contributed by atoms with Crippen LogP contribution >= 0.6 is 0 Å². The number of benzene rings is 2. The number of hydrogen-bond acceptors (Lipinski definition) is 4. The van der Waals surface area contributed by atoms with Crippen molar-refractivity contribution in [3.63, 3.8) is 0 Å². The number of rotatable bonds is 7. The molecule has 0 bridgehead atoms. The van der Waals surface area contributed by atoms with Crippen molar-refractivity contribution in [1.29, 1.82) is 0 Å². The first-order valence-electron chi connectivity index (χ1n) is 11.2. The Morgan fingerprint density at radius 3 is 2.29 bits per heavy atom. The van der Waals surface area contributed by atoms with Gasteiger partial charge in [0.25, 0.3) is 5.92 Å². The van der Waals surface area contributed by atoms with Crippen molar-refractivity contribution in [2.75, 3.05) is 26.2 Å². The maximum Gasteiger partial charge on any atom is 0.407 e. The molecule has 1 unspecified atom stereocenters. The Balaban J connectivity index is 1.21. The lowest BCUT2D eigenvalue weighted by molar-refractivity contribution is -0.169. The molecule has 1 aliphatic heterocycles. The third-order valence-electron chi connectivity index (χ3n) is 6.46. The van der Waals surface area contributed by atoms with Gasteiger partial charge < -0.3 is 20.1 Å². The minimum Gasteiger partial charge on any atom is -0.481 e. The van der Waals surface area contributed by atoms with E-state index in [1.54, 1.807) is 0 Å². The molecule has 2 aromatic carbocycles. The molecule has 1 aliphatic carbocycles. The highest BCUT2D eigenvalue weighted by Gasteiger charge is 2.49. The van der Waals surface area contributed by atoms with E-state index in [1.165, 1.54) is 0 Å². The molecule has 1 atom stereocenters. The highest BCUT2D eigenvalue weighted by atomic mass is 19.3. The average molecular weight is 472 g/mol. The monoisotopic (exact) mass is 472 g/mol. The number of amides is 2. The number of ether oxygens (including phenoxy) is 1. The van der Waals surface area contributed by atoms with E-state index in [-0.39, 0.29) is 38.5 Å². The molecule has 2 amide bonds. The second-order valence-electron chi connectivity index (χ2n) is 8.60. The fraction of sp³-hybridized carbons (Fsp3) is 0.400. The zero-order chi connectivity index (χ0) is 24.3. The summed E-state index contributed by atoms with van der Waals surface area (Å²) in [6.45, 7) is -0.345. The predicted octanol–water partition coefficient (Wildman–Crippen LogP) is 3.87. The summed E-state index contributed by atoms with van der Waals surface area (Å²) < 4.78 is 32.9. The molecule has 1 fully saturated rings. The van der Waals surface area contributed by atoms with Crippen molar-refractivity contribution in [2.45, 2.75) is 31.1 Å². The molecular formula is C25H26F2N2O5. The molecule has 180 valence electrons. The first-order chi connectivity index (χ1) is 16.3. The summed E-state index contributed by atoms with van der Waals surface area (Å²) in [4.78, 5) is 36.7. The maximum atomic E-state index is 13.7. The van der Waals surface area contributed by atoms with E-state index in [2.05, 4.69) is 5.32 Å². The van der Waals surface area contributed by atoms with Gasteiger partial charge in [-0.3, -0.25) is 9.59 Å². The number of carbonyl (C=O) groups is 3. The van der Waals surface area contributed by atoms with Gasteiger partial charge in [-0.2, -0.15) is 0 Å². The SMILES string of the molecule is O=C(NCCCC(=O)N1CCC(F)(F)C(C(=O)O)C1)OCC1c2ccccc2-c2ccccc21. The normalized spacial score (nSPS) is 18.6. The Labute approximate surface area is 195 Å². The van der Waals surface area contributed by atoms with Crippen LogP contribution in [0.3, 0.4) is 0 Å². The van der Waals surface area contributed by atoms with Gasteiger partial charge in [-0.25, -0.2) is 13.6 Å². The van der Waals surface area contributed by atoms with E-state index in [1.807, 2.05) is 48.5 Å². The van der Waals surface area contributed by atoms with Gasteiger partial charge in [0.1, 0.15) is 12.5 Å². The van der Waals surface area contributed by atoms with E-state index in [0.717, 1.165) is 27.2 Å². The van der Waals surface area contributed by atoms with E-state index in [4.69, 9.17) is 9.84 Å². The summed E-state index contributed by atoms with van der Waals surface area (Å²) in [6.07, 6.45) is -0.971. The van der Waals surface area contributed by atoms with Gasteiger partial charge >= 0.3 is 12.1 Å². The Bertz CT molecular complexity index is 1040. The van der Waals surface area contributed by atoms with Crippen LogP contribution in [0.25, 0.3) is 11.1 Å². The van der Waals surface area contributed by atoms with Gasteiger partial charge in [0.2, 0.25) is 5.91 Å². The Kier molecular flexibility index (Phi) is 6.81. The van der Waals surface area contributed by atoms with Gasteiger partial charge in [0.05, 0.1) is 0 Å². The van der Waals surface area contributed by atoms with Crippen molar-refractivity contribution in [3.8, 4) is 11.1 Å². The van der Waals surface area contributed by atoms with Gasteiger partial charge in [-0.1, -0.05) is 48.5 Å². The number of hydrogen-bond donors (Lipinski definition) is 2. The molecule has 0 radical (unpaired) electrons. The number of alkyl halides is 2. The number of carbonyl (C=O) groups excluding carboxylic acids is 2. The quantitative estimate of drug-likeness (QED) is 0.597. The second-order valence-corrected chi connectivity index (χ2v) is 8.60. The number of aliphatic carboxylic acids is 1. The minimum atomic E-state index is -3.33. The van der Waals surface area contributed by atoms with Crippen LogP contribution < -0.4 is 5.32 Å². The lowest BCUT2D eigenvalue weighted by Crippen LogP contribution is -2.52. The molecular weight excluding hydrogens is 446 g/mol. The Morgan fingerprint density at radius 2 is 1.68 bits per heavy atom. The molecule has 7 nitrogen and oxygen atoms in total. The Morgan fingerprint density at radius 1 is 1.06 bits per heavy atom. The molecule has 0 aromatic heterocycles. The molecule has 2 aliphatic rings. The average Bonchev–Trinajstić information content (AvgIpc) is 3.13. The molecule has 4 rings (SSSR count). The molecule has 34 heavy (non-hydrogen) atoms. The summed E-state index contributed by atoms with van der Waals surface area (Å²) in [7, 11) is 0. The fourth-order valence-corrected chi connectivity index (χ4v) is 4.63. The number of likely N-dealkylation sites (tertiary alicyclic amines) is 1. The van der Waals surface area contributed by atoms with Crippen LogP contribution in [0, 0.1) is 5.92 Å². The lowest BCUT2D eigenvalue weighted by atomic mass is 9.93. The third-order valence-corrected chi connectivity index (χ3v) is 6.46. The molecule has 9 heteroatoms. The molecule has 2 aromatic rings. The third kappa shape index (κ3) is 4.88. The summed E-state index contributed by atoms with van der Waals surface area (Å²) in [5, 5.41) is 11.6. The summed E-state index contributed by atoms with van der Waals surface area (Å²) in [5.41, 5.74) is 4.47. The zero-order valence-electron chi connectivity index (χ0n) is 18.5. The van der Waals surface area contributed by atoms with E-state index in [9.17, 15) is 23.2 Å². The first-order valence-corrected chi connectivity index (χ1v) is 11.2. The highest BCUT2D eigenvalue weighted by Crippen LogP contribution is 2.44. The minimum absolute atomic E-state index is 0.0154. The van der Waals surface area contributed by atoms with Crippen molar-refractivity contribution in [2.24, 2.45) is 5.92 Å². The van der Waals surface area contributed by atoms with E-state index < -0.39 is 42.8 Å². The number of fused-ring (bicyclic) bond motifs is 3. The van der Waals surface area contributed by atoms with Crippen LogP contribution in [-0.4, -0.2) is 60.1 Å². The number of alkyl carbamates (subject to hydrolysis) is 1. The molecule has 2 N–H and O–H groups in total. The van der Waals surface area contributed by atoms with Crippen molar-refractivity contribution < 1.29 is 33.0 Å². The van der Waals surface area contributed by atoms with Gasteiger partial charge in [-0.15, -0.1) is 0 Å². The van der Waals surface area contributed by atoms with Crippen LogP contribution in [0.1, 0.15) is 36.3 Å². The van der Waals surface area contributed by atoms with Gasteiger partial charge in [0.15, 0.2) is 0 Å². The first kappa shape index (κ1) is 23.7. The Hall–Kier alpha value is -3.49. The van der Waals surface area contributed by atoms with Gasteiger partial charge in [0, 0.05) is 38.4 Å². The van der Waals surface area contributed by atoms with Crippen LogP contribution in [-0.2, 0) is 14.3 Å². The lowest BCUT2D eigenvalue weighted by Gasteiger charge is -2.36. The summed E-state index contributed by atoms with van der Waals surface area (Å²) in [5.74, 6) is -7.30. The number of nitrogens with one attached hydrogen (secondary N) is 1. The van der Waals surface area contributed by atoms with Crippen LogP contribution in [0.4, 0.5) is 13.6 Å². The van der Waals surface area contributed by atoms with Crippen LogP contribution in [0.5, 0.6) is 0 Å². The molecule has 1 saturated heterocycles. The largest absolute Gasteiger partial charge is 0.481 e. The van der Waals surface area contributed by atoms with E-state index >= 15 is 0 Å². The summed E-state index contributed by atoms with van der Waals surface area (Å²) >= 11 is 0. The maximum absolute atomic E-state index is 13.7. The zero-order valence-corrected chi connectivity index (χ0v) is 18.5. The topological polar surface area (TPSA) is 95.9 Å². The summed E-state index contributed by atoms with van der Waals surface area (Å²) in [6, 6.07) is 16.0. The number of halogens is 2. The van der Waals surface area contributed by atoms with Crippen molar-refractivity contribution in [3.05, 3.63) is 59.7 Å². The number of nitrogens with zero attached hydrogens (tertiary/aromatic N) is 1. The molecule has 0 spiro atoms.